The Morgan fingerprint density at radius 1 is 1.11 bits per heavy atom. The molecular formula is C16H16ClF. The molecule has 1 atom stereocenters. The minimum absolute atomic E-state index is 0.0228. The van der Waals surface area contributed by atoms with Crippen molar-refractivity contribution in [2.75, 3.05) is 5.88 Å². The standard InChI is InChI=1S/C16H16ClF/c1-12-5-4-6-13(9-12)10-14(11-17)15-7-2-3-8-16(15)18/h2-9,14H,10-11H2,1H3. The maximum Gasteiger partial charge on any atom is 0.126 e. The van der Waals surface area contributed by atoms with Gasteiger partial charge in [0.15, 0.2) is 0 Å². The van der Waals surface area contributed by atoms with Crippen LogP contribution >= 0.6 is 11.6 Å². The van der Waals surface area contributed by atoms with Gasteiger partial charge < -0.3 is 0 Å². The van der Waals surface area contributed by atoms with Crippen LogP contribution in [0.1, 0.15) is 22.6 Å². The van der Waals surface area contributed by atoms with Gasteiger partial charge in [-0.15, -0.1) is 11.6 Å². The van der Waals surface area contributed by atoms with Gasteiger partial charge in [-0.25, -0.2) is 4.39 Å². The van der Waals surface area contributed by atoms with Gasteiger partial charge in [-0.1, -0.05) is 48.0 Å². The highest BCUT2D eigenvalue weighted by molar-refractivity contribution is 6.18. The molecule has 1 unspecified atom stereocenters. The maximum atomic E-state index is 13.8. The van der Waals surface area contributed by atoms with Gasteiger partial charge in [0.05, 0.1) is 0 Å². The molecule has 18 heavy (non-hydrogen) atoms. The van der Waals surface area contributed by atoms with E-state index in [0.29, 0.717) is 11.4 Å². The van der Waals surface area contributed by atoms with Crippen molar-refractivity contribution in [1.82, 2.24) is 0 Å². The van der Waals surface area contributed by atoms with Crippen molar-refractivity contribution in [3.63, 3.8) is 0 Å². The summed E-state index contributed by atoms with van der Waals surface area (Å²) in [6.45, 7) is 2.06. The zero-order valence-electron chi connectivity index (χ0n) is 10.4. The Hall–Kier alpha value is -1.34. The van der Waals surface area contributed by atoms with Crippen LogP contribution in [-0.2, 0) is 6.42 Å². The zero-order valence-corrected chi connectivity index (χ0v) is 11.1. The average molecular weight is 263 g/mol. The van der Waals surface area contributed by atoms with Gasteiger partial charge in [-0.2, -0.15) is 0 Å². The molecule has 0 aliphatic rings. The summed E-state index contributed by atoms with van der Waals surface area (Å²) in [7, 11) is 0. The Balaban J connectivity index is 2.23. The quantitative estimate of drug-likeness (QED) is 0.701. The van der Waals surface area contributed by atoms with Crippen molar-refractivity contribution in [2.24, 2.45) is 0 Å². The summed E-state index contributed by atoms with van der Waals surface area (Å²) in [5.74, 6) is 0.278. The fourth-order valence-corrected chi connectivity index (χ4v) is 2.45. The number of halogens is 2. The molecule has 0 bridgehead atoms. The molecule has 0 aliphatic carbocycles. The Bertz CT molecular complexity index is 522. The van der Waals surface area contributed by atoms with E-state index in [9.17, 15) is 4.39 Å². The van der Waals surface area contributed by atoms with Crippen LogP contribution in [0.25, 0.3) is 0 Å². The summed E-state index contributed by atoms with van der Waals surface area (Å²) in [6, 6.07) is 15.1. The molecule has 0 aromatic heterocycles. The molecule has 2 aromatic carbocycles. The highest BCUT2D eigenvalue weighted by atomic mass is 35.5. The summed E-state index contributed by atoms with van der Waals surface area (Å²) in [5.41, 5.74) is 3.12. The molecule has 0 radical (unpaired) electrons. The largest absolute Gasteiger partial charge is 0.207 e. The van der Waals surface area contributed by atoms with E-state index in [1.54, 1.807) is 6.07 Å². The van der Waals surface area contributed by atoms with E-state index in [-0.39, 0.29) is 11.7 Å². The predicted octanol–water partition coefficient (Wildman–Crippen LogP) is 4.70. The second-order valence-corrected chi connectivity index (χ2v) is 4.87. The van der Waals surface area contributed by atoms with Gasteiger partial charge >= 0.3 is 0 Å². The first kappa shape index (κ1) is 13.1. The van der Waals surface area contributed by atoms with Crippen LogP contribution in [0, 0.1) is 12.7 Å². The lowest BCUT2D eigenvalue weighted by molar-refractivity contribution is 0.589. The molecule has 0 fully saturated rings. The molecule has 2 aromatic rings. The third-order valence-corrected chi connectivity index (χ3v) is 3.47. The van der Waals surface area contributed by atoms with E-state index < -0.39 is 0 Å². The van der Waals surface area contributed by atoms with Crippen LogP contribution in [0.4, 0.5) is 4.39 Å². The van der Waals surface area contributed by atoms with E-state index in [2.05, 4.69) is 25.1 Å². The normalized spacial score (nSPS) is 12.4. The summed E-state index contributed by atoms with van der Waals surface area (Å²) in [6.07, 6.45) is 0.770. The van der Waals surface area contributed by atoms with E-state index in [4.69, 9.17) is 11.6 Å². The van der Waals surface area contributed by atoms with Crippen LogP contribution in [0.15, 0.2) is 48.5 Å². The van der Waals surface area contributed by atoms with Gasteiger partial charge in [-0.3, -0.25) is 0 Å². The third kappa shape index (κ3) is 3.11. The van der Waals surface area contributed by atoms with E-state index in [0.717, 1.165) is 6.42 Å². The van der Waals surface area contributed by atoms with Crippen molar-refractivity contribution < 1.29 is 4.39 Å². The summed E-state index contributed by atoms with van der Waals surface area (Å²) >= 11 is 6.00. The average Bonchev–Trinajstić information content (AvgIpc) is 2.37. The van der Waals surface area contributed by atoms with Crippen LogP contribution in [-0.4, -0.2) is 5.88 Å². The molecule has 2 rings (SSSR count). The number of aryl methyl sites for hydroxylation is 1. The highest BCUT2D eigenvalue weighted by Gasteiger charge is 2.15. The lowest BCUT2D eigenvalue weighted by Crippen LogP contribution is -2.07. The number of benzene rings is 2. The van der Waals surface area contributed by atoms with Crippen LogP contribution in [0.2, 0.25) is 0 Å². The second-order valence-electron chi connectivity index (χ2n) is 4.57. The van der Waals surface area contributed by atoms with Gasteiger partial charge in [0, 0.05) is 11.8 Å². The Kier molecular flexibility index (Phi) is 4.38. The highest BCUT2D eigenvalue weighted by Crippen LogP contribution is 2.25. The van der Waals surface area contributed by atoms with Crippen molar-refractivity contribution >= 4 is 11.6 Å². The fourth-order valence-electron chi connectivity index (χ4n) is 2.18. The second kappa shape index (κ2) is 6.01. The molecule has 0 spiro atoms. The smallest absolute Gasteiger partial charge is 0.126 e. The van der Waals surface area contributed by atoms with E-state index in [1.807, 2.05) is 18.2 Å². The summed E-state index contributed by atoms with van der Waals surface area (Å²) in [4.78, 5) is 0. The molecule has 2 heteroatoms. The number of hydrogen-bond donors (Lipinski definition) is 0. The molecule has 0 N–H and O–H groups in total. The molecule has 94 valence electrons. The number of alkyl halides is 1. The minimum Gasteiger partial charge on any atom is -0.207 e. The molecule has 0 amide bonds. The third-order valence-electron chi connectivity index (χ3n) is 3.10. The lowest BCUT2D eigenvalue weighted by atomic mass is 9.92. The maximum absolute atomic E-state index is 13.8. The first-order chi connectivity index (χ1) is 8.70. The van der Waals surface area contributed by atoms with E-state index in [1.165, 1.54) is 17.2 Å². The molecule has 0 heterocycles. The Morgan fingerprint density at radius 2 is 1.89 bits per heavy atom. The van der Waals surface area contributed by atoms with Gasteiger partial charge in [0.1, 0.15) is 5.82 Å². The molecule has 0 nitrogen and oxygen atoms in total. The minimum atomic E-state index is -0.171. The van der Waals surface area contributed by atoms with Crippen LogP contribution in [0.3, 0.4) is 0 Å². The first-order valence-electron chi connectivity index (χ1n) is 6.06. The van der Waals surface area contributed by atoms with Gasteiger partial charge in [0.2, 0.25) is 0 Å². The van der Waals surface area contributed by atoms with Crippen molar-refractivity contribution in [2.45, 2.75) is 19.3 Å². The summed E-state index contributed by atoms with van der Waals surface area (Å²) < 4.78 is 13.8. The van der Waals surface area contributed by atoms with Crippen LogP contribution in [0.5, 0.6) is 0 Å². The molecule has 0 saturated heterocycles. The Labute approximate surface area is 112 Å². The van der Waals surface area contributed by atoms with Gasteiger partial charge in [0.25, 0.3) is 0 Å². The molecule has 0 saturated carbocycles. The van der Waals surface area contributed by atoms with E-state index >= 15 is 0 Å². The number of hydrogen-bond acceptors (Lipinski definition) is 0. The fraction of sp³-hybridized carbons (Fsp3) is 0.250. The van der Waals surface area contributed by atoms with Gasteiger partial charge in [-0.05, 0) is 30.5 Å². The molecule has 0 aliphatic heterocycles. The van der Waals surface area contributed by atoms with Crippen molar-refractivity contribution in [3.8, 4) is 0 Å². The van der Waals surface area contributed by atoms with Crippen LogP contribution < -0.4 is 0 Å². The monoisotopic (exact) mass is 262 g/mol. The lowest BCUT2D eigenvalue weighted by Gasteiger charge is -2.15. The van der Waals surface area contributed by atoms with Crippen molar-refractivity contribution in [3.05, 3.63) is 71.0 Å². The Morgan fingerprint density at radius 3 is 2.56 bits per heavy atom. The van der Waals surface area contributed by atoms with Crippen molar-refractivity contribution in [1.29, 1.82) is 0 Å². The summed E-state index contributed by atoms with van der Waals surface area (Å²) in [5, 5.41) is 0. The molecular weight excluding hydrogens is 247 g/mol. The topological polar surface area (TPSA) is 0 Å². The predicted molar refractivity (Wildman–Crippen MR) is 74.7 cm³/mol. The first-order valence-corrected chi connectivity index (χ1v) is 6.60. The SMILES string of the molecule is Cc1cccc(CC(CCl)c2ccccc2F)c1. The zero-order chi connectivity index (χ0) is 13.0. The number of rotatable bonds is 4.